The molecule has 3 heterocycles. The molecule has 16 heavy (non-hydrogen) atoms. The fraction of sp³-hybridized carbons (Fsp3) is 0.636. The van der Waals surface area contributed by atoms with Crippen molar-refractivity contribution in [3.8, 4) is 0 Å². The SMILES string of the molecule is Brc1cnc(N2CCN3CCCC3C2)nc1. The molecule has 0 N–H and O–H groups in total. The van der Waals surface area contributed by atoms with Crippen molar-refractivity contribution in [2.24, 2.45) is 0 Å². The number of halogens is 1. The van der Waals surface area contributed by atoms with Gasteiger partial charge in [0.25, 0.3) is 0 Å². The highest BCUT2D eigenvalue weighted by Crippen LogP contribution is 2.23. The number of piperazine rings is 1. The molecule has 4 nitrogen and oxygen atoms in total. The topological polar surface area (TPSA) is 32.3 Å². The van der Waals surface area contributed by atoms with E-state index in [0.29, 0.717) is 0 Å². The van der Waals surface area contributed by atoms with Gasteiger partial charge in [-0.2, -0.15) is 0 Å². The lowest BCUT2D eigenvalue weighted by atomic mass is 10.2. The highest BCUT2D eigenvalue weighted by Gasteiger charge is 2.31. The Balaban J connectivity index is 1.74. The Labute approximate surface area is 104 Å². The molecule has 0 bridgehead atoms. The third kappa shape index (κ3) is 1.94. The number of rotatable bonds is 1. The summed E-state index contributed by atoms with van der Waals surface area (Å²) in [6, 6.07) is 0.723. The van der Waals surface area contributed by atoms with Crippen LogP contribution in [0, 0.1) is 0 Å². The van der Waals surface area contributed by atoms with Crippen LogP contribution in [0.15, 0.2) is 16.9 Å². The van der Waals surface area contributed by atoms with Crippen molar-refractivity contribution >= 4 is 21.9 Å². The Kier molecular flexibility index (Phi) is 2.81. The van der Waals surface area contributed by atoms with Gasteiger partial charge in [-0.15, -0.1) is 0 Å². The number of anilines is 1. The summed E-state index contributed by atoms with van der Waals surface area (Å²) in [6.45, 7) is 4.57. The average Bonchev–Trinajstić information content (AvgIpc) is 2.77. The molecule has 2 fully saturated rings. The molecule has 1 aromatic heterocycles. The normalized spacial score (nSPS) is 25.8. The van der Waals surface area contributed by atoms with Crippen molar-refractivity contribution in [3.05, 3.63) is 16.9 Å². The first-order valence-electron chi connectivity index (χ1n) is 5.79. The van der Waals surface area contributed by atoms with Crippen LogP contribution in [0.5, 0.6) is 0 Å². The van der Waals surface area contributed by atoms with Crippen molar-refractivity contribution < 1.29 is 0 Å². The van der Waals surface area contributed by atoms with Crippen LogP contribution in [0.4, 0.5) is 5.95 Å². The van der Waals surface area contributed by atoms with E-state index in [1.165, 1.54) is 19.4 Å². The molecule has 0 aliphatic carbocycles. The fourth-order valence-corrected chi connectivity index (χ4v) is 2.85. The van der Waals surface area contributed by atoms with E-state index in [1.807, 2.05) is 12.4 Å². The molecule has 2 aliphatic heterocycles. The fourth-order valence-electron chi connectivity index (χ4n) is 2.64. The van der Waals surface area contributed by atoms with Gasteiger partial charge in [-0.1, -0.05) is 0 Å². The summed E-state index contributed by atoms with van der Waals surface area (Å²) in [7, 11) is 0. The highest BCUT2D eigenvalue weighted by atomic mass is 79.9. The second kappa shape index (κ2) is 4.30. The molecule has 2 saturated heterocycles. The van der Waals surface area contributed by atoms with Gasteiger partial charge in [0.2, 0.25) is 5.95 Å². The standard InChI is InChI=1S/C11H15BrN4/c12-9-6-13-11(14-7-9)16-5-4-15-3-1-2-10(15)8-16/h6-7,10H,1-5,8H2. The third-order valence-electron chi connectivity index (χ3n) is 3.48. The van der Waals surface area contributed by atoms with Gasteiger partial charge in [0.1, 0.15) is 0 Å². The minimum Gasteiger partial charge on any atom is -0.338 e. The van der Waals surface area contributed by atoms with Crippen LogP contribution in [0.25, 0.3) is 0 Å². The molecule has 1 atom stereocenters. The molecule has 3 rings (SSSR count). The Morgan fingerprint density at radius 2 is 2.00 bits per heavy atom. The maximum Gasteiger partial charge on any atom is 0.225 e. The first-order chi connectivity index (χ1) is 7.83. The zero-order valence-electron chi connectivity index (χ0n) is 9.14. The summed E-state index contributed by atoms with van der Waals surface area (Å²) < 4.78 is 0.941. The van der Waals surface area contributed by atoms with Crippen LogP contribution < -0.4 is 4.90 Å². The first kappa shape index (κ1) is 10.5. The van der Waals surface area contributed by atoms with Crippen LogP contribution in [-0.4, -0.2) is 47.1 Å². The Morgan fingerprint density at radius 1 is 1.19 bits per heavy atom. The van der Waals surface area contributed by atoms with E-state index in [2.05, 4.69) is 35.7 Å². The molecule has 0 spiro atoms. The molecule has 86 valence electrons. The first-order valence-corrected chi connectivity index (χ1v) is 6.59. The minimum atomic E-state index is 0.723. The summed E-state index contributed by atoms with van der Waals surface area (Å²) in [5.74, 6) is 0.870. The maximum atomic E-state index is 4.37. The van der Waals surface area contributed by atoms with Crippen LogP contribution >= 0.6 is 15.9 Å². The molecule has 0 aromatic carbocycles. The minimum absolute atomic E-state index is 0.723. The molecule has 0 radical (unpaired) electrons. The number of hydrogen-bond acceptors (Lipinski definition) is 4. The summed E-state index contributed by atoms with van der Waals surface area (Å²) >= 11 is 3.36. The van der Waals surface area contributed by atoms with E-state index < -0.39 is 0 Å². The molecule has 2 aliphatic rings. The monoisotopic (exact) mass is 282 g/mol. The van der Waals surface area contributed by atoms with E-state index >= 15 is 0 Å². The van der Waals surface area contributed by atoms with Crippen molar-refractivity contribution in [2.45, 2.75) is 18.9 Å². The van der Waals surface area contributed by atoms with Crippen molar-refractivity contribution in [1.82, 2.24) is 14.9 Å². The van der Waals surface area contributed by atoms with Gasteiger partial charge in [-0.25, -0.2) is 9.97 Å². The molecular weight excluding hydrogens is 268 g/mol. The Hall–Kier alpha value is -0.680. The van der Waals surface area contributed by atoms with Crippen LogP contribution in [0.3, 0.4) is 0 Å². The lowest BCUT2D eigenvalue weighted by Gasteiger charge is -2.37. The van der Waals surface area contributed by atoms with Crippen molar-refractivity contribution in [1.29, 1.82) is 0 Å². The van der Waals surface area contributed by atoms with Gasteiger partial charge >= 0.3 is 0 Å². The predicted molar refractivity (Wildman–Crippen MR) is 66.5 cm³/mol. The molecule has 0 saturated carbocycles. The van der Waals surface area contributed by atoms with E-state index in [9.17, 15) is 0 Å². The van der Waals surface area contributed by atoms with E-state index in [1.54, 1.807) is 0 Å². The van der Waals surface area contributed by atoms with Gasteiger partial charge < -0.3 is 4.90 Å². The van der Waals surface area contributed by atoms with E-state index in [4.69, 9.17) is 0 Å². The number of hydrogen-bond donors (Lipinski definition) is 0. The second-order valence-electron chi connectivity index (χ2n) is 4.48. The van der Waals surface area contributed by atoms with Crippen LogP contribution in [-0.2, 0) is 0 Å². The molecule has 1 unspecified atom stereocenters. The summed E-state index contributed by atoms with van der Waals surface area (Å²) in [5, 5.41) is 0. The average molecular weight is 283 g/mol. The van der Waals surface area contributed by atoms with Gasteiger partial charge in [0.05, 0.1) is 4.47 Å². The van der Waals surface area contributed by atoms with E-state index in [-0.39, 0.29) is 0 Å². The quantitative estimate of drug-likeness (QED) is 0.782. The summed E-state index contributed by atoms with van der Waals surface area (Å²) in [6.07, 6.45) is 6.32. The van der Waals surface area contributed by atoms with Crippen LogP contribution in [0.2, 0.25) is 0 Å². The zero-order chi connectivity index (χ0) is 11.0. The van der Waals surface area contributed by atoms with Gasteiger partial charge in [-0.05, 0) is 35.3 Å². The summed E-state index contributed by atoms with van der Waals surface area (Å²) in [5.41, 5.74) is 0. The maximum absolute atomic E-state index is 4.37. The van der Waals surface area contributed by atoms with Gasteiger partial charge in [0, 0.05) is 38.1 Å². The lowest BCUT2D eigenvalue weighted by molar-refractivity contribution is 0.229. The Morgan fingerprint density at radius 3 is 2.81 bits per heavy atom. The van der Waals surface area contributed by atoms with E-state index in [0.717, 1.165) is 36.1 Å². The Bertz CT molecular complexity index is 367. The van der Waals surface area contributed by atoms with Crippen molar-refractivity contribution in [2.75, 3.05) is 31.1 Å². The van der Waals surface area contributed by atoms with Crippen molar-refractivity contribution in [3.63, 3.8) is 0 Å². The largest absolute Gasteiger partial charge is 0.338 e. The highest BCUT2D eigenvalue weighted by molar-refractivity contribution is 9.10. The smallest absolute Gasteiger partial charge is 0.225 e. The molecule has 5 heteroatoms. The van der Waals surface area contributed by atoms with Gasteiger partial charge in [0.15, 0.2) is 0 Å². The second-order valence-corrected chi connectivity index (χ2v) is 5.39. The lowest BCUT2D eigenvalue weighted by Crippen LogP contribution is -2.50. The molecule has 0 amide bonds. The molecule has 1 aromatic rings. The predicted octanol–water partition coefficient (Wildman–Crippen LogP) is 1.52. The third-order valence-corrected chi connectivity index (χ3v) is 3.89. The van der Waals surface area contributed by atoms with Gasteiger partial charge in [-0.3, -0.25) is 4.90 Å². The number of fused-ring (bicyclic) bond motifs is 1. The van der Waals surface area contributed by atoms with Crippen LogP contribution in [0.1, 0.15) is 12.8 Å². The zero-order valence-corrected chi connectivity index (χ0v) is 10.7. The number of nitrogens with zero attached hydrogens (tertiary/aromatic N) is 4. The molecular formula is C11H15BrN4. The summed E-state index contributed by atoms with van der Waals surface area (Å²) in [4.78, 5) is 13.6. The number of aromatic nitrogens is 2.